The number of carbonyl (C=O) groups excluding carboxylic acids is 1. The lowest BCUT2D eigenvalue weighted by Gasteiger charge is -2.26. The predicted octanol–water partition coefficient (Wildman–Crippen LogP) is -0.388. The van der Waals surface area contributed by atoms with E-state index in [1.54, 1.807) is 0 Å². The van der Waals surface area contributed by atoms with E-state index < -0.39 is 0 Å². The maximum atomic E-state index is 12.2. The summed E-state index contributed by atoms with van der Waals surface area (Å²) in [5.74, 6) is 0.748. The molecular formula is C12H20N2O3. The number of nitrogens with one attached hydrogen (secondary N) is 1. The highest BCUT2D eigenvalue weighted by Gasteiger charge is 2.39. The Bertz CT molecular complexity index is 277. The fourth-order valence-corrected chi connectivity index (χ4v) is 3.06. The van der Waals surface area contributed by atoms with E-state index in [1.165, 1.54) is 12.8 Å². The second-order valence-electron chi connectivity index (χ2n) is 5.14. The van der Waals surface area contributed by atoms with Gasteiger partial charge in [-0.1, -0.05) is 0 Å². The highest BCUT2D eigenvalue weighted by Crippen LogP contribution is 2.25. The van der Waals surface area contributed by atoms with Gasteiger partial charge in [0.25, 0.3) is 5.91 Å². The van der Waals surface area contributed by atoms with E-state index in [1.807, 2.05) is 4.90 Å². The number of hydrogen-bond donors (Lipinski definition) is 1. The van der Waals surface area contributed by atoms with Crippen LogP contribution in [0.2, 0.25) is 0 Å². The average Bonchev–Trinajstić information content (AvgIpc) is 2.82. The Morgan fingerprint density at radius 3 is 3.00 bits per heavy atom. The summed E-state index contributed by atoms with van der Waals surface area (Å²) < 4.78 is 10.8. The maximum absolute atomic E-state index is 12.2. The van der Waals surface area contributed by atoms with Gasteiger partial charge in [0, 0.05) is 19.1 Å². The van der Waals surface area contributed by atoms with E-state index in [9.17, 15) is 4.79 Å². The van der Waals surface area contributed by atoms with Crippen LogP contribution in [-0.4, -0.2) is 62.4 Å². The van der Waals surface area contributed by atoms with Crippen molar-refractivity contribution in [1.29, 1.82) is 0 Å². The average molecular weight is 240 g/mol. The van der Waals surface area contributed by atoms with Crippen molar-refractivity contribution in [2.75, 3.05) is 39.5 Å². The van der Waals surface area contributed by atoms with Crippen LogP contribution in [-0.2, 0) is 14.3 Å². The molecule has 0 radical (unpaired) electrons. The van der Waals surface area contributed by atoms with Gasteiger partial charge in [0.05, 0.1) is 19.8 Å². The van der Waals surface area contributed by atoms with Crippen LogP contribution in [0.4, 0.5) is 0 Å². The molecule has 0 saturated carbocycles. The zero-order valence-corrected chi connectivity index (χ0v) is 10.1. The number of hydrogen-bond acceptors (Lipinski definition) is 4. The summed E-state index contributed by atoms with van der Waals surface area (Å²) >= 11 is 0. The number of amides is 1. The lowest BCUT2D eigenvalue weighted by Crippen LogP contribution is -2.45. The number of rotatable bonds is 1. The van der Waals surface area contributed by atoms with Gasteiger partial charge in [0.2, 0.25) is 0 Å². The van der Waals surface area contributed by atoms with Crippen LogP contribution < -0.4 is 5.32 Å². The van der Waals surface area contributed by atoms with Gasteiger partial charge < -0.3 is 19.7 Å². The van der Waals surface area contributed by atoms with Crippen LogP contribution >= 0.6 is 0 Å². The number of fused-ring (bicyclic) bond motifs is 1. The zero-order chi connectivity index (χ0) is 11.7. The summed E-state index contributed by atoms with van der Waals surface area (Å²) in [6.45, 7) is 4.37. The van der Waals surface area contributed by atoms with Crippen LogP contribution in [0.3, 0.4) is 0 Å². The molecule has 1 amide bonds. The monoisotopic (exact) mass is 240 g/mol. The first-order chi connectivity index (χ1) is 8.34. The van der Waals surface area contributed by atoms with E-state index in [-0.39, 0.29) is 12.0 Å². The quantitative estimate of drug-likeness (QED) is 0.678. The van der Waals surface area contributed by atoms with Crippen molar-refractivity contribution in [2.45, 2.75) is 25.0 Å². The molecule has 5 nitrogen and oxygen atoms in total. The third-order valence-corrected chi connectivity index (χ3v) is 4.00. The highest BCUT2D eigenvalue weighted by molar-refractivity contribution is 5.81. The fourth-order valence-electron chi connectivity index (χ4n) is 3.06. The summed E-state index contributed by atoms with van der Waals surface area (Å²) in [5.41, 5.74) is 0. The largest absolute Gasteiger partial charge is 0.376 e. The summed E-state index contributed by atoms with van der Waals surface area (Å²) in [6, 6.07) is 0.497. The topological polar surface area (TPSA) is 50.8 Å². The van der Waals surface area contributed by atoms with Gasteiger partial charge in [-0.3, -0.25) is 4.79 Å². The first kappa shape index (κ1) is 11.4. The van der Waals surface area contributed by atoms with E-state index >= 15 is 0 Å². The van der Waals surface area contributed by atoms with Gasteiger partial charge >= 0.3 is 0 Å². The molecule has 96 valence electrons. The molecule has 3 rings (SSSR count). The van der Waals surface area contributed by atoms with Gasteiger partial charge in [0.15, 0.2) is 6.10 Å². The SMILES string of the molecule is O=C(C1COCCO1)N1CC2CCCNC2C1. The standard InChI is InChI=1S/C12H20N2O3/c15-12(11-8-16-4-5-17-11)14-6-9-2-1-3-13-10(9)7-14/h9-11,13H,1-8H2. The van der Waals surface area contributed by atoms with Crippen molar-refractivity contribution in [3.8, 4) is 0 Å². The molecule has 0 spiro atoms. The zero-order valence-electron chi connectivity index (χ0n) is 10.1. The van der Waals surface area contributed by atoms with E-state index in [0.29, 0.717) is 31.8 Å². The maximum Gasteiger partial charge on any atom is 0.254 e. The summed E-state index contributed by atoms with van der Waals surface area (Å²) in [4.78, 5) is 14.2. The lowest BCUT2D eigenvalue weighted by molar-refractivity contribution is -0.157. The Labute approximate surface area is 101 Å². The molecule has 3 atom stereocenters. The Kier molecular flexibility index (Phi) is 3.31. The minimum absolute atomic E-state index is 0.112. The third-order valence-electron chi connectivity index (χ3n) is 4.00. The summed E-state index contributed by atoms with van der Waals surface area (Å²) in [7, 11) is 0. The predicted molar refractivity (Wildman–Crippen MR) is 61.7 cm³/mol. The molecule has 3 aliphatic rings. The smallest absolute Gasteiger partial charge is 0.254 e. The minimum atomic E-state index is -0.371. The fraction of sp³-hybridized carbons (Fsp3) is 0.917. The van der Waals surface area contributed by atoms with Crippen LogP contribution in [0.5, 0.6) is 0 Å². The van der Waals surface area contributed by atoms with Crippen LogP contribution in [0.1, 0.15) is 12.8 Å². The van der Waals surface area contributed by atoms with Crippen molar-refractivity contribution in [3.05, 3.63) is 0 Å². The molecule has 17 heavy (non-hydrogen) atoms. The molecule has 3 aliphatic heterocycles. The first-order valence-corrected chi connectivity index (χ1v) is 6.56. The Morgan fingerprint density at radius 2 is 2.24 bits per heavy atom. The second-order valence-corrected chi connectivity index (χ2v) is 5.14. The van der Waals surface area contributed by atoms with Gasteiger partial charge in [-0.25, -0.2) is 0 Å². The number of carbonyl (C=O) groups is 1. The lowest BCUT2D eigenvalue weighted by atomic mass is 9.94. The molecule has 0 aliphatic carbocycles. The van der Waals surface area contributed by atoms with Crippen LogP contribution in [0.15, 0.2) is 0 Å². The van der Waals surface area contributed by atoms with Crippen LogP contribution in [0, 0.1) is 5.92 Å². The molecule has 3 saturated heterocycles. The van der Waals surface area contributed by atoms with Crippen molar-refractivity contribution in [3.63, 3.8) is 0 Å². The Morgan fingerprint density at radius 1 is 1.29 bits per heavy atom. The second kappa shape index (κ2) is 4.92. The number of piperidine rings is 1. The minimum Gasteiger partial charge on any atom is -0.376 e. The summed E-state index contributed by atoms with van der Waals surface area (Å²) in [6.07, 6.45) is 2.10. The Hall–Kier alpha value is -0.650. The molecule has 0 aromatic heterocycles. The van der Waals surface area contributed by atoms with Crippen molar-refractivity contribution in [1.82, 2.24) is 10.2 Å². The van der Waals surface area contributed by atoms with Gasteiger partial charge in [0.1, 0.15) is 0 Å². The first-order valence-electron chi connectivity index (χ1n) is 6.56. The number of likely N-dealkylation sites (tertiary alicyclic amines) is 1. The molecule has 5 heteroatoms. The van der Waals surface area contributed by atoms with Crippen molar-refractivity contribution in [2.24, 2.45) is 5.92 Å². The van der Waals surface area contributed by atoms with Crippen molar-refractivity contribution < 1.29 is 14.3 Å². The molecule has 0 aromatic carbocycles. The molecular weight excluding hydrogens is 220 g/mol. The van der Waals surface area contributed by atoms with E-state index in [4.69, 9.17) is 9.47 Å². The third kappa shape index (κ3) is 2.32. The molecule has 0 aromatic rings. The normalized spacial score (nSPS) is 37.9. The Balaban J connectivity index is 1.59. The molecule has 3 fully saturated rings. The van der Waals surface area contributed by atoms with Gasteiger partial charge in [-0.2, -0.15) is 0 Å². The highest BCUT2D eigenvalue weighted by atomic mass is 16.6. The molecule has 3 unspecified atom stereocenters. The van der Waals surface area contributed by atoms with E-state index in [0.717, 1.165) is 19.6 Å². The molecule has 1 N–H and O–H groups in total. The molecule has 0 bridgehead atoms. The van der Waals surface area contributed by atoms with Gasteiger partial charge in [-0.15, -0.1) is 0 Å². The van der Waals surface area contributed by atoms with Gasteiger partial charge in [-0.05, 0) is 25.3 Å². The number of ether oxygens (including phenoxy) is 2. The molecule has 3 heterocycles. The summed E-state index contributed by atoms with van der Waals surface area (Å²) in [5, 5.41) is 3.50. The van der Waals surface area contributed by atoms with E-state index in [2.05, 4.69) is 5.32 Å². The number of nitrogens with zero attached hydrogens (tertiary/aromatic N) is 1. The van der Waals surface area contributed by atoms with Crippen LogP contribution in [0.25, 0.3) is 0 Å². The van der Waals surface area contributed by atoms with Crippen molar-refractivity contribution >= 4 is 5.91 Å².